The Hall–Kier alpha value is -1.93. The number of hydrogen-bond donors (Lipinski definition) is 1. The Balaban J connectivity index is 1.77. The number of rotatable bonds is 7. The molecule has 1 unspecified atom stereocenters. The number of sulfonamides is 1. The molecule has 1 fully saturated rings. The maximum absolute atomic E-state index is 12.3. The standard InChI is InChI=1S/C14H18N4O3S/c1-21-13(11-7-8-11)10-22(19,20)16-14-9-15-17-18(14)12-5-3-2-4-6-12/h2-6,9,11,13,16H,7-8,10H2,1H3. The van der Waals surface area contributed by atoms with Crippen LogP contribution in [0, 0.1) is 5.92 Å². The van der Waals surface area contributed by atoms with Crippen LogP contribution in [-0.2, 0) is 14.8 Å². The molecule has 1 aromatic heterocycles. The fourth-order valence-electron chi connectivity index (χ4n) is 2.35. The second kappa shape index (κ2) is 6.05. The zero-order chi connectivity index (χ0) is 15.6. The number of para-hydroxylation sites is 1. The highest BCUT2D eigenvalue weighted by molar-refractivity contribution is 7.92. The molecule has 2 aromatic rings. The number of hydrogen-bond acceptors (Lipinski definition) is 5. The SMILES string of the molecule is COC(CS(=O)(=O)Nc1cnnn1-c1ccccc1)C1CC1. The number of aromatic nitrogens is 3. The Morgan fingerprint density at radius 3 is 2.73 bits per heavy atom. The van der Waals surface area contributed by atoms with Crippen LogP contribution in [0.25, 0.3) is 5.69 Å². The van der Waals surface area contributed by atoms with Gasteiger partial charge in [-0.3, -0.25) is 4.72 Å². The zero-order valence-electron chi connectivity index (χ0n) is 12.2. The number of methoxy groups -OCH3 is 1. The lowest BCUT2D eigenvalue weighted by Crippen LogP contribution is -2.29. The van der Waals surface area contributed by atoms with Gasteiger partial charge in [0.05, 0.1) is 23.7 Å². The Morgan fingerprint density at radius 2 is 2.09 bits per heavy atom. The van der Waals surface area contributed by atoms with Gasteiger partial charge >= 0.3 is 0 Å². The van der Waals surface area contributed by atoms with E-state index in [1.165, 1.54) is 10.9 Å². The fraction of sp³-hybridized carbons (Fsp3) is 0.429. The Morgan fingerprint density at radius 1 is 1.36 bits per heavy atom. The molecule has 1 N–H and O–H groups in total. The number of nitrogens with one attached hydrogen (secondary N) is 1. The van der Waals surface area contributed by atoms with Crippen LogP contribution in [-0.4, -0.2) is 42.4 Å². The number of anilines is 1. The topological polar surface area (TPSA) is 86.1 Å². The van der Waals surface area contributed by atoms with Crippen LogP contribution in [0.5, 0.6) is 0 Å². The molecule has 1 heterocycles. The van der Waals surface area contributed by atoms with Crippen LogP contribution in [0.4, 0.5) is 5.82 Å². The largest absolute Gasteiger partial charge is 0.380 e. The van der Waals surface area contributed by atoms with Crippen LogP contribution in [0.2, 0.25) is 0 Å². The molecule has 1 atom stereocenters. The van der Waals surface area contributed by atoms with Gasteiger partial charge in [0.15, 0.2) is 5.82 Å². The lowest BCUT2D eigenvalue weighted by atomic mass is 10.3. The van der Waals surface area contributed by atoms with E-state index < -0.39 is 10.0 Å². The predicted octanol–water partition coefficient (Wildman–Crippen LogP) is 1.43. The minimum absolute atomic E-state index is 0.0614. The smallest absolute Gasteiger partial charge is 0.236 e. The van der Waals surface area contributed by atoms with Crippen molar-refractivity contribution in [1.29, 1.82) is 0 Å². The molecule has 7 nitrogen and oxygen atoms in total. The molecule has 1 aromatic carbocycles. The maximum Gasteiger partial charge on any atom is 0.236 e. The van der Waals surface area contributed by atoms with Crippen molar-refractivity contribution in [3.63, 3.8) is 0 Å². The molecule has 0 spiro atoms. The van der Waals surface area contributed by atoms with Gasteiger partial charge in [0.25, 0.3) is 0 Å². The first-order chi connectivity index (χ1) is 10.6. The van der Waals surface area contributed by atoms with Crippen LogP contribution < -0.4 is 4.72 Å². The van der Waals surface area contributed by atoms with E-state index in [2.05, 4.69) is 15.0 Å². The molecule has 1 aliphatic carbocycles. The van der Waals surface area contributed by atoms with Crippen molar-refractivity contribution >= 4 is 15.8 Å². The van der Waals surface area contributed by atoms with E-state index in [1.54, 1.807) is 7.11 Å². The molecule has 118 valence electrons. The second-order valence-corrected chi connectivity index (χ2v) is 7.13. The summed E-state index contributed by atoms with van der Waals surface area (Å²) in [5.41, 5.74) is 0.739. The van der Waals surface area contributed by atoms with Crippen molar-refractivity contribution in [3.05, 3.63) is 36.5 Å². The summed E-state index contributed by atoms with van der Waals surface area (Å²) in [6, 6.07) is 9.24. The van der Waals surface area contributed by atoms with Crippen molar-refractivity contribution in [2.45, 2.75) is 18.9 Å². The second-order valence-electron chi connectivity index (χ2n) is 5.36. The van der Waals surface area contributed by atoms with Crippen LogP contribution in [0.3, 0.4) is 0 Å². The summed E-state index contributed by atoms with van der Waals surface area (Å²) < 4.78 is 33.9. The minimum atomic E-state index is -3.53. The van der Waals surface area contributed by atoms with E-state index in [1.807, 2.05) is 30.3 Å². The summed E-state index contributed by atoms with van der Waals surface area (Å²) in [5, 5.41) is 7.71. The molecule has 8 heteroatoms. The first-order valence-corrected chi connectivity index (χ1v) is 8.74. The van der Waals surface area contributed by atoms with E-state index in [0.29, 0.717) is 11.7 Å². The minimum Gasteiger partial charge on any atom is -0.380 e. The van der Waals surface area contributed by atoms with E-state index >= 15 is 0 Å². The lowest BCUT2D eigenvalue weighted by Gasteiger charge is -2.15. The van der Waals surface area contributed by atoms with Gasteiger partial charge in [0.1, 0.15) is 0 Å². The number of ether oxygens (including phenoxy) is 1. The molecule has 1 saturated carbocycles. The van der Waals surface area contributed by atoms with E-state index in [9.17, 15) is 8.42 Å². The van der Waals surface area contributed by atoms with E-state index in [-0.39, 0.29) is 11.9 Å². The zero-order valence-corrected chi connectivity index (χ0v) is 13.0. The van der Waals surface area contributed by atoms with Gasteiger partial charge in [-0.15, -0.1) is 5.10 Å². The first kappa shape index (κ1) is 15.0. The Kier molecular flexibility index (Phi) is 4.12. The average Bonchev–Trinajstić information content (AvgIpc) is 3.26. The monoisotopic (exact) mass is 322 g/mol. The molecular formula is C14H18N4O3S. The van der Waals surface area contributed by atoms with E-state index in [4.69, 9.17) is 4.74 Å². The van der Waals surface area contributed by atoms with Gasteiger partial charge in [-0.2, -0.15) is 4.68 Å². The van der Waals surface area contributed by atoms with Gasteiger partial charge in [-0.05, 0) is 30.9 Å². The van der Waals surface area contributed by atoms with Crippen LogP contribution in [0.15, 0.2) is 36.5 Å². The van der Waals surface area contributed by atoms with Gasteiger partial charge in [0.2, 0.25) is 10.0 Å². The molecule has 0 amide bonds. The maximum atomic E-state index is 12.3. The van der Waals surface area contributed by atoms with Crippen molar-refractivity contribution in [2.24, 2.45) is 5.92 Å². The predicted molar refractivity (Wildman–Crippen MR) is 82.3 cm³/mol. The summed E-state index contributed by atoms with van der Waals surface area (Å²) in [6.45, 7) is 0. The highest BCUT2D eigenvalue weighted by atomic mass is 32.2. The lowest BCUT2D eigenvalue weighted by molar-refractivity contribution is 0.103. The van der Waals surface area contributed by atoms with Crippen LogP contribution in [0.1, 0.15) is 12.8 Å². The van der Waals surface area contributed by atoms with Crippen molar-refractivity contribution in [1.82, 2.24) is 15.0 Å². The molecule has 0 aliphatic heterocycles. The molecule has 0 bridgehead atoms. The third-order valence-corrected chi connectivity index (χ3v) is 4.93. The van der Waals surface area contributed by atoms with Crippen molar-refractivity contribution in [2.75, 3.05) is 17.6 Å². The summed E-state index contributed by atoms with van der Waals surface area (Å²) in [7, 11) is -1.98. The Bertz CT molecular complexity index is 726. The molecule has 3 rings (SSSR count). The summed E-state index contributed by atoms with van der Waals surface area (Å²) in [6.07, 6.45) is 3.18. The summed E-state index contributed by atoms with van der Waals surface area (Å²) in [5.74, 6) is 0.601. The third-order valence-electron chi connectivity index (χ3n) is 3.64. The molecule has 0 saturated heterocycles. The third kappa shape index (κ3) is 3.45. The first-order valence-electron chi connectivity index (χ1n) is 7.08. The van der Waals surface area contributed by atoms with Gasteiger partial charge < -0.3 is 4.74 Å². The molecular weight excluding hydrogens is 304 g/mol. The van der Waals surface area contributed by atoms with Gasteiger partial charge in [-0.25, -0.2) is 8.42 Å². The summed E-state index contributed by atoms with van der Waals surface area (Å²) >= 11 is 0. The van der Waals surface area contributed by atoms with Gasteiger partial charge in [-0.1, -0.05) is 23.4 Å². The summed E-state index contributed by atoms with van der Waals surface area (Å²) in [4.78, 5) is 0. The van der Waals surface area contributed by atoms with Gasteiger partial charge in [0, 0.05) is 7.11 Å². The molecule has 1 aliphatic rings. The van der Waals surface area contributed by atoms with Crippen molar-refractivity contribution in [3.8, 4) is 5.69 Å². The number of nitrogens with zero attached hydrogens (tertiary/aromatic N) is 3. The average molecular weight is 322 g/mol. The highest BCUT2D eigenvalue weighted by Crippen LogP contribution is 2.34. The highest BCUT2D eigenvalue weighted by Gasteiger charge is 2.34. The quantitative estimate of drug-likeness (QED) is 0.833. The van der Waals surface area contributed by atoms with E-state index in [0.717, 1.165) is 18.5 Å². The molecule has 0 radical (unpaired) electrons. The van der Waals surface area contributed by atoms with Crippen molar-refractivity contribution < 1.29 is 13.2 Å². The van der Waals surface area contributed by atoms with Crippen LogP contribution >= 0.6 is 0 Å². The Labute approximate surface area is 129 Å². The fourth-order valence-corrected chi connectivity index (χ4v) is 3.73. The normalized spacial score (nSPS) is 16.4. The number of benzene rings is 1. The molecule has 22 heavy (non-hydrogen) atoms.